The molecule has 0 bridgehead atoms. The van der Waals surface area contributed by atoms with Gasteiger partial charge in [0.15, 0.2) is 5.69 Å². The molecule has 0 aromatic carbocycles. The van der Waals surface area contributed by atoms with Crippen molar-refractivity contribution < 1.29 is 13.2 Å². The van der Waals surface area contributed by atoms with Crippen LogP contribution in [-0.2, 0) is 12.7 Å². The number of alkyl halides is 3. The lowest BCUT2D eigenvalue weighted by atomic mass is 10.2. The molecule has 0 aliphatic carbocycles. The van der Waals surface area contributed by atoms with Crippen molar-refractivity contribution in [2.75, 3.05) is 6.54 Å². The fraction of sp³-hybridized carbons (Fsp3) is 0.667. The van der Waals surface area contributed by atoms with Gasteiger partial charge in [-0.2, -0.15) is 18.3 Å². The first kappa shape index (κ1) is 12.0. The first-order chi connectivity index (χ1) is 6.84. The normalized spacial score (nSPS) is 14.3. The number of halogens is 3. The van der Waals surface area contributed by atoms with Crippen molar-refractivity contribution in [2.24, 2.45) is 11.7 Å². The molecule has 0 aliphatic heterocycles. The van der Waals surface area contributed by atoms with Gasteiger partial charge in [-0.15, -0.1) is 0 Å². The lowest BCUT2D eigenvalue weighted by molar-refractivity contribution is -0.141. The Labute approximate surface area is 86.1 Å². The van der Waals surface area contributed by atoms with Crippen molar-refractivity contribution in [1.29, 1.82) is 0 Å². The predicted molar refractivity (Wildman–Crippen MR) is 50.2 cm³/mol. The molecule has 2 N–H and O–H groups in total. The molecule has 6 heteroatoms. The number of aromatic nitrogens is 2. The van der Waals surface area contributed by atoms with Crippen molar-refractivity contribution in [1.82, 2.24) is 9.78 Å². The Bertz CT molecular complexity index is 330. The van der Waals surface area contributed by atoms with Crippen LogP contribution in [0.2, 0.25) is 0 Å². The maximum Gasteiger partial charge on any atom is 0.435 e. The standard InChI is InChI=1S/C9H14F3N3/c1-6(4-13)5-15-7(2)3-8(14-15)9(10,11)12/h3,6H,4-5,13H2,1-2H3/t6-/m1/s1. The highest BCUT2D eigenvalue weighted by molar-refractivity contribution is 5.11. The summed E-state index contributed by atoms with van der Waals surface area (Å²) in [5, 5.41) is 3.51. The van der Waals surface area contributed by atoms with E-state index in [0.717, 1.165) is 6.07 Å². The molecule has 0 saturated heterocycles. The van der Waals surface area contributed by atoms with E-state index in [-0.39, 0.29) is 5.92 Å². The molecule has 0 fully saturated rings. The minimum absolute atomic E-state index is 0.115. The van der Waals surface area contributed by atoms with E-state index in [0.29, 0.717) is 18.8 Å². The molecule has 0 radical (unpaired) electrons. The van der Waals surface area contributed by atoms with Crippen LogP contribution in [0, 0.1) is 12.8 Å². The van der Waals surface area contributed by atoms with E-state index < -0.39 is 11.9 Å². The van der Waals surface area contributed by atoms with Crippen LogP contribution in [0.4, 0.5) is 13.2 Å². The van der Waals surface area contributed by atoms with E-state index in [4.69, 9.17) is 5.73 Å². The fourth-order valence-corrected chi connectivity index (χ4v) is 1.20. The van der Waals surface area contributed by atoms with Gasteiger partial charge in [0.25, 0.3) is 0 Å². The van der Waals surface area contributed by atoms with E-state index in [9.17, 15) is 13.2 Å². The molecule has 1 atom stereocenters. The Morgan fingerprint density at radius 2 is 2.13 bits per heavy atom. The Morgan fingerprint density at radius 3 is 2.53 bits per heavy atom. The van der Waals surface area contributed by atoms with Gasteiger partial charge in [0.2, 0.25) is 0 Å². The van der Waals surface area contributed by atoms with E-state index in [2.05, 4.69) is 5.10 Å². The van der Waals surface area contributed by atoms with Crippen molar-refractivity contribution in [2.45, 2.75) is 26.6 Å². The zero-order valence-corrected chi connectivity index (χ0v) is 8.67. The van der Waals surface area contributed by atoms with Crippen molar-refractivity contribution in [3.05, 3.63) is 17.5 Å². The second-order valence-electron chi connectivity index (χ2n) is 3.69. The molecular formula is C9H14F3N3. The van der Waals surface area contributed by atoms with Crippen LogP contribution >= 0.6 is 0 Å². The highest BCUT2D eigenvalue weighted by atomic mass is 19.4. The number of nitrogens with two attached hydrogens (primary N) is 1. The molecule has 1 aromatic heterocycles. The average molecular weight is 221 g/mol. The van der Waals surface area contributed by atoms with Gasteiger partial charge in [-0.3, -0.25) is 4.68 Å². The Balaban J connectivity index is 2.87. The maximum atomic E-state index is 12.3. The lowest BCUT2D eigenvalue weighted by Crippen LogP contribution is -2.19. The molecule has 1 rings (SSSR count). The van der Waals surface area contributed by atoms with Crippen LogP contribution in [0.1, 0.15) is 18.3 Å². The van der Waals surface area contributed by atoms with Gasteiger partial charge in [-0.25, -0.2) is 0 Å². The minimum atomic E-state index is -4.37. The van der Waals surface area contributed by atoms with Crippen LogP contribution in [0.3, 0.4) is 0 Å². The van der Waals surface area contributed by atoms with Crippen LogP contribution in [0.5, 0.6) is 0 Å². The summed E-state index contributed by atoms with van der Waals surface area (Å²) in [5.41, 5.74) is 5.06. The molecule has 1 heterocycles. The van der Waals surface area contributed by atoms with Crippen molar-refractivity contribution in [3.8, 4) is 0 Å². The van der Waals surface area contributed by atoms with Gasteiger partial charge in [0, 0.05) is 12.2 Å². The zero-order chi connectivity index (χ0) is 11.6. The molecule has 0 amide bonds. The first-order valence-electron chi connectivity index (χ1n) is 4.66. The Hall–Kier alpha value is -1.04. The van der Waals surface area contributed by atoms with E-state index >= 15 is 0 Å². The summed E-state index contributed by atoms with van der Waals surface area (Å²) in [4.78, 5) is 0. The van der Waals surface area contributed by atoms with Crippen molar-refractivity contribution in [3.63, 3.8) is 0 Å². The molecule has 86 valence electrons. The quantitative estimate of drug-likeness (QED) is 0.845. The summed E-state index contributed by atoms with van der Waals surface area (Å²) in [6.45, 7) is 4.32. The summed E-state index contributed by atoms with van der Waals surface area (Å²) >= 11 is 0. The summed E-state index contributed by atoms with van der Waals surface area (Å²) in [5.74, 6) is 0.115. The van der Waals surface area contributed by atoms with E-state index in [1.54, 1.807) is 6.92 Å². The van der Waals surface area contributed by atoms with Gasteiger partial charge in [-0.1, -0.05) is 6.92 Å². The number of hydrogen-bond donors (Lipinski definition) is 1. The molecule has 0 unspecified atom stereocenters. The lowest BCUT2D eigenvalue weighted by Gasteiger charge is -2.09. The molecule has 3 nitrogen and oxygen atoms in total. The van der Waals surface area contributed by atoms with Crippen LogP contribution in [0.25, 0.3) is 0 Å². The number of rotatable bonds is 3. The highest BCUT2D eigenvalue weighted by Crippen LogP contribution is 2.28. The average Bonchev–Trinajstić information content (AvgIpc) is 2.47. The Kier molecular flexibility index (Phi) is 3.38. The number of aryl methyl sites for hydroxylation is 1. The highest BCUT2D eigenvalue weighted by Gasteiger charge is 2.34. The molecular weight excluding hydrogens is 207 g/mol. The van der Waals surface area contributed by atoms with Gasteiger partial charge in [-0.05, 0) is 25.5 Å². The second kappa shape index (κ2) is 4.22. The number of hydrogen-bond acceptors (Lipinski definition) is 2. The third-order valence-electron chi connectivity index (χ3n) is 2.16. The SMILES string of the molecule is Cc1cc(C(F)(F)F)nn1C[C@H](C)CN. The van der Waals surface area contributed by atoms with Gasteiger partial charge < -0.3 is 5.73 Å². The monoisotopic (exact) mass is 221 g/mol. The molecule has 0 aliphatic rings. The largest absolute Gasteiger partial charge is 0.435 e. The van der Waals surface area contributed by atoms with E-state index in [1.165, 1.54) is 4.68 Å². The van der Waals surface area contributed by atoms with Gasteiger partial charge >= 0.3 is 6.18 Å². The van der Waals surface area contributed by atoms with Crippen LogP contribution < -0.4 is 5.73 Å². The maximum absolute atomic E-state index is 12.3. The van der Waals surface area contributed by atoms with Crippen LogP contribution in [-0.4, -0.2) is 16.3 Å². The van der Waals surface area contributed by atoms with E-state index in [1.807, 2.05) is 6.92 Å². The molecule has 15 heavy (non-hydrogen) atoms. The summed E-state index contributed by atoms with van der Waals surface area (Å²) in [6, 6.07) is 1.04. The minimum Gasteiger partial charge on any atom is -0.330 e. The predicted octanol–water partition coefficient (Wildman–Crippen LogP) is 1.81. The van der Waals surface area contributed by atoms with Gasteiger partial charge in [0.05, 0.1) is 0 Å². The molecule has 0 saturated carbocycles. The third-order valence-corrected chi connectivity index (χ3v) is 2.16. The van der Waals surface area contributed by atoms with Gasteiger partial charge in [0.1, 0.15) is 0 Å². The first-order valence-corrected chi connectivity index (χ1v) is 4.66. The summed E-state index contributed by atoms with van der Waals surface area (Å²) in [6.07, 6.45) is -4.37. The number of nitrogens with zero attached hydrogens (tertiary/aromatic N) is 2. The summed E-state index contributed by atoms with van der Waals surface area (Å²) in [7, 11) is 0. The van der Waals surface area contributed by atoms with Crippen molar-refractivity contribution >= 4 is 0 Å². The summed E-state index contributed by atoms with van der Waals surface area (Å²) < 4.78 is 38.2. The second-order valence-corrected chi connectivity index (χ2v) is 3.69. The zero-order valence-electron chi connectivity index (χ0n) is 8.67. The fourth-order valence-electron chi connectivity index (χ4n) is 1.20. The smallest absolute Gasteiger partial charge is 0.330 e. The Morgan fingerprint density at radius 1 is 1.53 bits per heavy atom. The topological polar surface area (TPSA) is 43.8 Å². The molecule has 1 aromatic rings. The molecule has 0 spiro atoms. The third kappa shape index (κ3) is 2.95. The van der Waals surface area contributed by atoms with Crippen LogP contribution in [0.15, 0.2) is 6.07 Å².